The molecule has 1 atom stereocenters. The molecule has 0 saturated heterocycles. The van der Waals surface area contributed by atoms with Crippen LogP contribution in [0.1, 0.15) is 18.1 Å². The number of hydrogen-bond donors (Lipinski definition) is 1. The van der Waals surface area contributed by atoms with Crippen LogP contribution in [-0.2, 0) is 16.6 Å². The summed E-state index contributed by atoms with van der Waals surface area (Å²) in [5, 5.41) is 20.3. The molecule has 0 spiro atoms. The van der Waals surface area contributed by atoms with E-state index in [0.717, 1.165) is 5.56 Å². The second-order valence-corrected chi connectivity index (χ2v) is 5.10. The minimum absolute atomic E-state index is 0. The van der Waals surface area contributed by atoms with Crippen LogP contribution in [0, 0.1) is 10.1 Å². The van der Waals surface area contributed by atoms with E-state index >= 15 is 0 Å². The summed E-state index contributed by atoms with van der Waals surface area (Å²) in [5.74, 6) is -0.958. The Bertz CT molecular complexity index is 658. The predicted octanol–water partition coefficient (Wildman–Crippen LogP) is 2.53. The number of nitro benzene ring substituents is 1. The first-order valence-electron chi connectivity index (χ1n) is 6.46. The van der Waals surface area contributed by atoms with Gasteiger partial charge in [-0.1, -0.05) is 42.5 Å². The van der Waals surface area contributed by atoms with Crippen LogP contribution in [0.25, 0.3) is 0 Å². The Labute approximate surface area is 170 Å². The number of benzene rings is 2. The van der Waals surface area contributed by atoms with Crippen molar-refractivity contribution in [1.82, 2.24) is 0 Å². The van der Waals surface area contributed by atoms with Crippen LogP contribution in [0.4, 0.5) is 5.69 Å². The Morgan fingerprint density at radius 3 is 2.14 bits per heavy atom. The van der Waals surface area contributed by atoms with Crippen LogP contribution in [0.5, 0.6) is 0 Å². The molecular formula is C16H16KNO4. The molecule has 1 N–H and O–H groups in total. The second kappa shape index (κ2) is 7.98. The fourth-order valence-electron chi connectivity index (χ4n) is 2.26. The monoisotopic (exact) mass is 325 g/mol. The third-order valence-electron chi connectivity index (χ3n) is 3.59. The summed E-state index contributed by atoms with van der Waals surface area (Å²) in [5.41, 5.74) is 0.271. The number of hydrogen-bond acceptors (Lipinski definition) is 3. The number of carbonyl (C=O) groups is 1. The molecule has 2 aromatic rings. The van der Waals surface area contributed by atoms with E-state index in [2.05, 4.69) is 0 Å². The SMILES string of the molecule is CC(Cc1ccccc1)(C(=O)O)c1ccc([N+](=O)[O-])cc1.[KH]. The summed E-state index contributed by atoms with van der Waals surface area (Å²) in [6.45, 7) is 1.63. The minimum atomic E-state index is -1.13. The number of aliphatic carboxylic acids is 1. The fraction of sp³-hybridized carbons (Fsp3) is 0.188. The van der Waals surface area contributed by atoms with Gasteiger partial charge >= 0.3 is 57.4 Å². The molecule has 0 aliphatic rings. The van der Waals surface area contributed by atoms with E-state index in [4.69, 9.17) is 0 Å². The van der Waals surface area contributed by atoms with Gasteiger partial charge in [0.25, 0.3) is 5.69 Å². The van der Waals surface area contributed by atoms with Crippen molar-refractivity contribution in [2.24, 2.45) is 0 Å². The molecule has 5 nitrogen and oxygen atoms in total. The van der Waals surface area contributed by atoms with E-state index in [9.17, 15) is 20.0 Å². The van der Waals surface area contributed by atoms with Gasteiger partial charge in [-0.25, -0.2) is 0 Å². The van der Waals surface area contributed by atoms with Crippen LogP contribution in [-0.4, -0.2) is 67.4 Å². The van der Waals surface area contributed by atoms with Crippen molar-refractivity contribution < 1.29 is 14.8 Å². The van der Waals surface area contributed by atoms with E-state index < -0.39 is 16.3 Å². The van der Waals surface area contributed by atoms with Gasteiger partial charge in [-0.15, -0.1) is 0 Å². The zero-order chi connectivity index (χ0) is 15.5. The number of non-ortho nitro benzene ring substituents is 1. The van der Waals surface area contributed by atoms with Gasteiger partial charge in [0.1, 0.15) is 0 Å². The van der Waals surface area contributed by atoms with Gasteiger partial charge in [0.15, 0.2) is 0 Å². The summed E-state index contributed by atoms with van der Waals surface area (Å²) in [6, 6.07) is 15.0. The van der Waals surface area contributed by atoms with Gasteiger partial charge in [-0.2, -0.15) is 0 Å². The molecule has 22 heavy (non-hydrogen) atoms. The maximum atomic E-state index is 11.7. The van der Waals surface area contributed by atoms with Crippen molar-refractivity contribution in [3.05, 3.63) is 75.8 Å². The number of carboxylic acids is 1. The Kier molecular flexibility index (Phi) is 6.89. The molecule has 2 aromatic carbocycles. The summed E-state index contributed by atoms with van der Waals surface area (Å²) < 4.78 is 0. The molecule has 1 unspecified atom stereocenters. The molecule has 110 valence electrons. The van der Waals surface area contributed by atoms with Crippen molar-refractivity contribution in [2.75, 3.05) is 0 Å². The number of rotatable bonds is 5. The standard InChI is InChI=1S/C16H15NO4.K.H/c1-16(15(18)19,11-12-5-3-2-4-6-12)13-7-9-14(10-8-13)17(20)21;;/h2-10H,11H2,1H3,(H,18,19);;. The summed E-state index contributed by atoms with van der Waals surface area (Å²) >= 11 is 0. The van der Waals surface area contributed by atoms with Gasteiger partial charge in [0.2, 0.25) is 0 Å². The van der Waals surface area contributed by atoms with Gasteiger partial charge in [0.05, 0.1) is 10.3 Å². The van der Waals surface area contributed by atoms with Crippen molar-refractivity contribution in [3.63, 3.8) is 0 Å². The Morgan fingerprint density at radius 1 is 1.14 bits per heavy atom. The number of nitrogens with zero attached hydrogens (tertiary/aromatic N) is 1. The van der Waals surface area contributed by atoms with Crippen molar-refractivity contribution in [3.8, 4) is 0 Å². The van der Waals surface area contributed by atoms with E-state index in [1.54, 1.807) is 6.92 Å². The molecule has 2 rings (SSSR count). The fourth-order valence-corrected chi connectivity index (χ4v) is 2.26. The topological polar surface area (TPSA) is 80.4 Å². The Balaban J connectivity index is 0.00000242. The van der Waals surface area contributed by atoms with Crippen molar-refractivity contribution >= 4 is 63.0 Å². The van der Waals surface area contributed by atoms with Crippen LogP contribution in [0.2, 0.25) is 0 Å². The quantitative estimate of drug-likeness (QED) is 0.520. The van der Waals surface area contributed by atoms with Gasteiger partial charge in [0, 0.05) is 12.1 Å². The molecule has 6 heteroatoms. The first kappa shape index (κ1) is 19.0. The molecule has 0 aliphatic heterocycles. The second-order valence-electron chi connectivity index (χ2n) is 5.10. The molecule has 0 fully saturated rings. The third kappa shape index (κ3) is 4.24. The molecule has 0 radical (unpaired) electrons. The molecular weight excluding hydrogens is 309 g/mol. The maximum absolute atomic E-state index is 11.7. The van der Waals surface area contributed by atoms with Gasteiger partial charge in [-0.3, -0.25) is 14.9 Å². The summed E-state index contributed by atoms with van der Waals surface area (Å²) in [4.78, 5) is 21.9. The van der Waals surface area contributed by atoms with Crippen molar-refractivity contribution in [2.45, 2.75) is 18.8 Å². The zero-order valence-corrected chi connectivity index (χ0v) is 11.5. The van der Waals surface area contributed by atoms with Crippen LogP contribution in [0.15, 0.2) is 54.6 Å². The van der Waals surface area contributed by atoms with E-state index in [1.165, 1.54) is 24.3 Å². The zero-order valence-electron chi connectivity index (χ0n) is 11.5. The molecule has 0 heterocycles. The van der Waals surface area contributed by atoms with E-state index in [1.807, 2.05) is 30.3 Å². The normalized spacial score (nSPS) is 12.8. The van der Waals surface area contributed by atoms with Gasteiger partial charge in [-0.05, 0) is 24.5 Å². The molecule has 0 aromatic heterocycles. The first-order chi connectivity index (χ1) is 9.93. The van der Waals surface area contributed by atoms with E-state index in [0.29, 0.717) is 12.0 Å². The summed E-state index contributed by atoms with van der Waals surface area (Å²) in [7, 11) is 0. The molecule has 0 aliphatic carbocycles. The number of nitro groups is 1. The van der Waals surface area contributed by atoms with Gasteiger partial charge < -0.3 is 5.11 Å². The third-order valence-corrected chi connectivity index (χ3v) is 3.59. The average molecular weight is 325 g/mol. The Hall–Kier alpha value is -1.05. The predicted molar refractivity (Wildman–Crippen MR) is 85.4 cm³/mol. The van der Waals surface area contributed by atoms with Crippen LogP contribution < -0.4 is 0 Å². The first-order valence-corrected chi connectivity index (χ1v) is 6.46. The van der Waals surface area contributed by atoms with E-state index in [-0.39, 0.29) is 57.1 Å². The van der Waals surface area contributed by atoms with Crippen LogP contribution >= 0.6 is 0 Å². The molecule has 0 amide bonds. The Morgan fingerprint density at radius 2 is 1.68 bits per heavy atom. The molecule has 0 saturated carbocycles. The van der Waals surface area contributed by atoms with Crippen molar-refractivity contribution in [1.29, 1.82) is 0 Å². The number of carboxylic acid groups (broad SMARTS) is 1. The van der Waals surface area contributed by atoms with Crippen LogP contribution in [0.3, 0.4) is 0 Å². The molecule has 0 bridgehead atoms. The average Bonchev–Trinajstić information content (AvgIpc) is 2.48. The summed E-state index contributed by atoms with van der Waals surface area (Å²) in [6.07, 6.45) is 0.320.